The zero-order chi connectivity index (χ0) is 23.4. The minimum absolute atomic E-state index is 0.208. The number of halogens is 1. The number of hydrogen-bond donors (Lipinski definition) is 4. The van der Waals surface area contributed by atoms with E-state index in [-0.39, 0.29) is 11.1 Å². The van der Waals surface area contributed by atoms with E-state index in [9.17, 15) is 4.79 Å². The lowest BCUT2D eigenvalue weighted by Crippen LogP contribution is -2.32. The van der Waals surface area contributed by atoms with Crippen LogP contribution in [0.1, 0.15) is 18.5 Å². The Hall–Kier alpha value is -3.85. The fourth-order valence-corrected chi connectivity index (χ4v) is 3.65. The first-order valence-electron chi connectivity index (χ1n) is 9.93. The van der Waals surface area contributed by atoms with Crippen LogP contribution in [0.5, 0.6) is 11.5 Å². The van der Waals surface area contributed by atoms with Crippen LogP contribution in [-0.4, -0.2) is 51.6 Å². The predicted octanol–water partition coefficient (Wildman–Crippen LogP) is 3.68. The minimum atomic E-state index is -1.05. The maximum Gasteiger partial charge on any atom is 0.404 e. The number of carboxylic acid groups (broad SMARTS) is 1. The van der Waals surface area contributed by atoms with Crippen molar-refractivity contribution in [2.75, 3.05) is 25.6 Å². The number of H-pyrrole nitrogens is 1. The van der Waals surface area contributed by atoms with Crippen molar-refractivity contribution < 1.29 is 19.4 Å². The number of hydrogen-bond acceptors (Lipinski definition) is 8. The summed E-state index contributed by atoms with van der Waals surface area (Å²) in [5, 5.41) is 30.5. The first kappa shape index (κ1) is 22.3. The summed E-state index contributed by atoms with van der Waals surface area (Å²) in [4.78, 5) is 19.0. The summed E-state index contributed by atoms with van der Waals surface area (Å²) in [6, 6.07) is 7.35. The molecule has 2 aromatic heterocycles. The van der Waals surface area contributed by atoms with Gasteiger partial charge >= 0.3 is 6.09 Å². The number of amides is 1. The molecule has 170 valence electrons. The molecule has 0 bridgehead atoms. The molecule has 0 radical (unpaired) electrons. The highest BCUT2D eigenvalue weighted by molar-refractivity contribution is 9.10. The highest BCUT2D eigenvalue weighted by atomic mass is 79.9. The van der Waals surface area contributed by atoms with Gasteiger partial charge in [0, 0.05) is 22.5 Å². The number of ether oxygens (including phenoxy) is 2. The summed E-state index contributed by atoms with van der Waals surface area (Å²) in [5.41, 5.74) is 1.33. The van der Waals surface area contributed by atoms with E-state index in [0.717, 1.165) is 17.3 Å². The molecule has 12 heteroatoms. The smallest absolute Gasteiger partial charge is 0.404 e. The van der Waals surface area contributed by atoms with E-state index in [4.69, 9.17) is 19.8 Å². The summed E-state index contributed by atoms with van der Waals surface area (Å²) in [7, 11) is 1.57. The van der Waals surface area contributed by atoms with Crippen LogP contribution in [0.15, 0.2) is 35.1 Å². The summed E-state index contributed by atoms with van der Waals surface area (Å²) in [6.45, 7) is 0.701. The summed E-state index contributed by atoms with van der Waals surface area (Å²) < 4.78 is 12.5. The van der Waals surface area contributed by atoms with Gasteiger partial charge in [-0.25, -0.2) is 14.8 Å². The van der Waals surface area contributed by atoms with Crippen LogP contribution < -0.4 is 20.1 Å². The lowest BCUT2D eigenvalue weighted by molar-refractivity contribution is 0.184. The zero-order valence-corrected chi connectivity index (χ0v) is 19.1. The van der Waals surface area contributed by atoms with Gasteiger partial charge in [-0.1, -0.05) is 15.9 Å². The average Bonchev–Trinajstić information content (AvgIpc) is 3.45. The molecule has 0 saturated heterocycles. The Morgan fingerprint density at radius 2 is 2.06 bits per heavy atom. The molecular weight excluding hydrogens is 494 g/mol. The van der Waals surface area contributed by atoms with Gasteiger partial charge < -0.3 is 25.2 Å². The number of benzene rings is 1. The number of anilines is 2. The van der Waals surface area contributed by atoms with Gasteiger partial charge in [0.25, 0.3) is 0 Å². The van der Waals surface area contributed by atoms with Gasteiger partial charge in [-0.2, -0.15) is 10.4 Å². The van der Waals surface area contributed by atoms with E-state index in [1.807, 2.05) is 18.2 Å². The Labute approximate surface area is 197 Å². The highest BCUT2D eigenvalue weighted by Crippen LogP contribution is 2.47. The number of aromatic amines is 1. The summed E-state index contributed by atoms with van der Waals surface area (Å²) in [5.74, 6) is 2.06. The number of nitriles is 1. The predicted molar refractivity (Wildman–Crippen MR) is 121 cm³/mol. The third-order valence-corrected chi connectivity index (χ3v) is 5.68. The molecule has 1 amide bonds. The van der Waals surface area contributed by atoms with E-state index in [2.05, 4.69) is 46.7 Å². The van der Waals surface area contributed by atoms with Crippen molar-refractivity contribution in [2.24, 2.45) is 5.41 Å². The van der Waals surface area contributed by atoms with Crippen LogP contribution in [0.4, 0.5) is 16.4 Å². The third-order valence-electron chi connectivity index (χ3n) is 5.23. The quantitative estimate of drug-likeness (QED) is 0.334. The van der Waals surface area contributed by atoms with Crippen molar-refractivity contribution in [1.82, 2.24) is 25.5 Å². The Balaban J connectivity index is 1.56. The van der Waals surface area contributed by atoms with Crippen LogP contribution in [0.3, 0.4) is 0 Å². The van der Waals surface area contributed by atoms with Gasteiger partial charge in [0.2, 0.25) is 0 Å². The van der Waals surface area contributed by atoms with Crippen molar-refractivity contribution in [2.45, 2.75) is 12.8 Å². The fraction of sp³-hybridized carbons (Fsp3) is 0.286. The van der Waals surface area contributed by atoms with E-state index < -0.39 is 6.09 Å². The van der Waals surface area contributed by atoms with Crippen molar-refractivity contribution in [3.63, 3.8) is 0 Å². The number of rotatable bonds is 9. The van der Waals surface area contributed by atoms with E-state index in [0.29, 0.717) is 47.5 Å². The fourth-order valence-electron chi connectivity index (χ4n) is 3.24. The molecule has 3 aromatic rings. The normalized spacial score (nSPS) is 13.6. The van der Waals surface area contributed by atoms with E-state index in [1.54, 1.807) is 13.2 Å². The Morgan fingerprint density at radius 1 is 1.27 bits per heavy atom. The molecule has 1 saturated carbocycles. The van der Waals surface area contributed by atoms with Gasteiger partial charge in [-0.05, 0) is 25.0 Å². The first-order valence-corrected chi connectivity index (χ1v) is 10.7. The molecule has 1 aliphatic carbocycles. The van der Waals surface area contributed by atoms with Crippen LogP contribution >= 0.6 is 15.9 Å². The molecule has 0 spiro atoms. The van der Waals surface area contributed by atoms with Gasteiger partial charge in [0.1, 0.15) is 23.4 Å². The molecule has 0 unspecified atom stereocenters. The molecule has 1 aromatic carbocycles. The number of methoxy groups -OCH3 is 1. The number of aromatic nitrogens is 4. The second-order valence-electron chi connectivity index (χ2n) is 7.62. The molecule has 2 heterocycles. The Morgan fingerprint density at radius 3 is 2.70 bits per heavy atom. The molecule has 0 aliphatic heterocycles. The van der Waals surface area contributed by atoms with Gasteiger partial charge in [0.05, 0.1) is 37.4 Å². The SMILES string of the molecule is COc1cc(Br)cc(OCC2(CNC(=O)O)CC2)c1-c1cc(Nc2cnc(C#N)cn2)n[nH]1. The van der Waals surface area contributed by atoms with Crippen LogP contribution in [-0.2, 0) is 0 Å². The number of nitrogens with zero attached hydrogens (tertiary/aromatic N) is 4. The van der Waals surface area contributed by atoms with Crippen LogP contribution in [0, 0.1) is 16.7 Å². The largest absolute Gasteiger partial charge is 0.496 e. The van der Waals surface area contributed by atoms with Crippen molar-refractivity contribution in [1.29, 1.82) is 5.26 Å². The van der Waals surface area contributed by atoms with Crippen LogP contribution in [0.2, 0.25) is 0 Å². The summed E-state index contributed by atoms with van der Waals surface area (Å²) in [6.07, 6.45) is 3.54. The molecule has 4 N–H and O–H groups in total. The van der Waals surface area contributed by atoms with E-state index in [1.165, 1.54) is 12.4 Å². The third kappa shape index (κ3) is 5.32. The van der Waals surface area contributed by atoms with Gasteiger partial charge in [-0.15, -0.1) is 0 Å². The Kier molecular flexibility index (Phi) is 6.32. The van der Waals surface area contributed by atoms with Crippen LogP contribution in [0.25, 0.3) is 11.3 Å². The first-order chi connectivity index (χ1) is 15.9. The second kappa shape index (κ2) is 9.33. The molecule has 4 rings (SSSR count). The maximum atomic E-state index is 10.9. The highest BCUT2D eigenvalue weighted by Gasteiger charge is 2.44. The lowest BCUT2D eigenvalue weighted by atomic mass is 10.1. The zero-order valence-electron chi connectivity index (χ0n) is 17.6. The standard InChI is InChI=1S/C21H20BrN7O4/c1-32-15-4-12(22)5-16(33-11-21(2-3-21)10-26-20(30)31)19(15)14-6-17(29-28-14)27-18-9-24-13(7-23)8-25-18/h4-6,8-9,26H,2-3,10-11H2,1H3,(H,30,31)(H2,25,27,28,29). The summed E-state index contributed by atoms with van der Waals surface area (Å²) >= 11 is 3.48. The monoisotopic (exact) mass is 513 g/mol. The van der Waals surface area contributed by atoms with Gasteiger partial charge in [0.15, 0.2) is 11.5 Å². The minimum Gasteiger partial charge on any atom is -0.496 e. The Bertz CT molecular complexity index is 1200. The van der Waals surface area contributed by atoms with Crippen molar-refractivity contribution in [3.05, 3.63) is 40.8 Å². The molecule has 1 aliphatic rings. The molecule has 1 fully saturated rings. The topological polar surface area (TPSA) is 158 Å². The van der Waals surface area contributed by atoms with Crippen molar-refractivity contribution >= 4 is 33.7 Å². The number of nitrogens with one attached hydrogen (secondary N) is 3. The number of carbonyl (C=O) groups is 1. The lowest BCUT2D eigenvalue weighted by Gasteiger charge is -2.19. The molecule has 0 atom stereocenters. The maximum absolute atomic E-state index is 10.9. The second-order valence-corrected chi connectivity index (χ2v) is 8.53. The molecule has 11 nitrogen and oxygen atoms in total. The van der Waals surface area contributed by atoms with E-state index >= 15 is 0 Å². The average molecular weight is 514 g/mol. The molecular formula is C21H20BrN7O4. The van der Waals surface area contributed by atoms with Gasteiger partial charge in [-0.3, -0.25) is 5.10 Å². The molecule has 33 heavy (non-hydrogen) atoms. The van der Waals surface area contributed by atoms with Crippen molar-refractivity contribution in [3.8, 4) is 28.8 Å².